The Balaban J connectivity index is 2.11. The average molecular weight is 277 g/mol. The van der Waals surface area contributed by atoms with Gasteiger partial charge in [0.25, 0.3) is 0 Å². The van der Waals surface area contributed by atoms with Crippen LogP contribution in [0.3, 0.4) is 0 Å². The number of nitrogens with two attached hydrogens (primary N) is 1. The first-order chi connectivity index (χ1) is 9.47. The van der Waals surface area contributed by atoms with Crippen LogP contribution in [0.15, 0.2) is 6.07 Å². The van der Waals surface area contributed by atoms with Crippen molar-refractivity contribution in [3.63, 3.8) is 0 Å². The second-order valence-corrected chi connectivity index (χ2v) is 7.08. The molecule has 0 saturated heterocycles. The summed E-state index contributed by atoms with van der Waals surface area (Å²) in [5, 5.41) is 4.55. The molecule has 3 nitrogen and oxygen atoms in total. The first-order valence-corrected chi connectivity index (χ1v) is 8.24. The van der Waals surface area contributed by atoms with Gasteiger partial charge in [0, 0.05) is 25.2 Å². The number of aromatic nitrogens is 2. The maximum Gasteiger partial charge on any atom is 0.0624 e. The maximum absolute atomic E-state index is 6.67. The van der Waals surface area contributed by atoms with Gasteiger partial charge in [-0.25, -0.2) is 0 Å². The van der Waals surface area contributed by atoms with E-state index >= 15 is 0 Å². The first-order valence-electron chi connectivity index (χ1n) is 8.24. The van der Waals surface area contributed by atoms with Crippen molar-refractivity contribution >= 4 is 0 Å². The van der Waals surface area contributed by atoms with Crippen LogP contribution >= 0.6 is 0 Å². The average Bonchev–Trinajstić information content (AvgIpc) is 2.97. The van der Waals surface area contributed by atoms with Gasteiger partial charge in [0.15, 0.2) is 0 Å². The number of aryl methyl sites for hydroxylation is 2. The van der Waals surface area contributed by atoms with E-state index in [0.717, 1.165) is 18.8 Å². The van der Waals surface area contributed by atoms with Crippen LogP contribution in [0.25, 0.3) is 0 Å². The summed E-state index contributed by atoms with van der Waals surface area (Å²) in [4.78, 5) is 0. The van der Waals surface area contributed by atoms with Crippen LogP contribution in [-0.4, -0.2) is 15.8 Å². The van der Waals surface area contributed by atoms with E-state index < -0.39 is 0 Å². The summed E-state index contributed by atoms with van der Waals surface area (Å²) >= 11 is 0. The van der Waals surface area contributed by atoms with Crippen LogP contribution in [0.1, 0.15) is 64.3 Å². The Hall–Kier alpha value is -0.830. The lowest BCUT2D eigenvalue weighted by Gasteiger charge is -2.37. The van der Waals surface area contributed by atoms with Crippen molar-refractivity contribution in [3.05, 3.63) is 17.5 Å². The van der Waals surface area contributed by atoms with E-state index in [1.807, 2.05) is 11.7 Å². The molecule has 2 N–H and O–H groups in total. The first kappa shape index (κ1) is 15.6. The van der Waals surface area contributed by atoms with Crippen LogP contribution in [0.4, 0.5) is 0 Å². The zero-order valence-electron chi connectivity index (χ0n) is 13.7. The third-order valence-corrected chi connectivity index (χ3v) is 5.02. The van der Waals surface area contributed by atoms with Crippen LogP contribution in [0.2, 0.25) is 0 Å². The molecule has 0 spiro atoms. The van der Waals surface area contributed by atoms with Crippen LogP contribution in [0, 0.1) is 11.3 Å². The van der Waals surface area contributed by atoms with E-state index in [9.17, 15) is 0 Å². The monoisotopic (exact) mass is 277 g/mol. The van der Waals surface area contributed by atoms with Crippen LogP contribution < -0.4 is 5.73 Å². The molecule has 1 atom stereocenters. The second-order valence-electron chi connectivity index (χ2n) is 7.08. The molecule has 0 radical (unpaired) electrons. The molecule has 0 aromatic carbocycles. The van der Waals surface area contributed by atoms with Gasteiger partial charge in [-0.1, -0.05) is 33.6 Å². The van der Waals surface area contributed by atoms with E-state index in [1.165, 1.54) is 43.5 Å². The molecule has 1 aliphatic carbocycles. The topological polar surface area (TPSA) is 43.8 Å². The Morgan fingerprint density at radius 2 is 2.00 bits per heavy atom. The molecule has 1 aromatic rings. The van der Waals surface area contributed by atoms with Gasteiger partial charge in [-0.15, -0.1) is 0 Å². The van der Waals surface area contributed by atoms with Crippen molar-refractivity contribution in [1.82, 2.24) is 9.78 Å². The minimum atomic E-state index is 0.271. The van der Waals surface area contributed by atoms with E-state index in [-0.39, 0.29) is 6.04 Å². The molecule has 0 amide bonds. The Kier molecular flexibility index (Phi) is 4.90. The van der Waals surface area contributed by atoms with Crippen molar-refractivity contribution in [1.29, 1.82) is 0 Å². The lowest BCUT2D eigenvalue weighted by atomic mass is 9.71. The lowest BCUT2D eigenvalue weighted by Crippen LogP contribution is -2.42. The molecular formula is C17H31N3. The summed E-state index contributed by atoms with van der Waals surface area (Å²) in [5.41, 5.74) is 9.51. The molecule has 2 rings (SSSR count). The summed E-state index contributed by atoms with van der Waals surface area (Å²) in [6.45, 7) is 6.81. The molecular weight excluding hydrogens is 246 g/mol. The zero-order valence-corrected chi connectivity index (χ0v) is 13.7. The minimum absolute atomic E-state index is 0.271. The van der Waals surface area contributed by atoms with E-state index in [2.05, 4.69) is 31.9 Å². The lowest BCUT2D eigenvalue weighted by molar-refractivity contribution is 0.180. The summed E-state index contributed by atoms with van der Waals surface area (Å²) in [7, 11) is 2.05. The molecule has 3 heteroatoms. The Bertz CT molecular complexity index is 427. The molecule has 1 unspecified atom stereocenters. The van der Waals surface area contributed by atoms with E-state index in [1.54, 1.807) is 0 Å². The quantitative estimate of drug-likeness (QED) is 0.865. The largest absolute Gasteiger partial charge is 0.327 e. The standard InChI is InChI=1S/C17H31N3/c1-5-14-10-15(20(4)19-14)11-16(18)17(12-13(2)3)8-6-7-9-17/h10,13,16H,5-9,11-12,18H2,1-4H3. The number of hydrogen-bond donors (Lipinski definition) is 1. The molecule has 20 heavy (non-hydrogen) atoms. The maximum atomic E-state index is 6.67. The molecule has 1 aliphatic rings. The van der Waals surface area contributed by atoms with Crippen LogP contribution in [-0.2, 0) is 19.9 Å². The molecule has 1 fully saturated rings. The van der Waals surface area contributed by atoms with Crippen molar-refractivity contribution in [3.8, 4) is 0 Å². The highest BCUT2D eigenvalue weighted by Gasteiger charge is 2.39. The van der Waals surface area contributed by atoms with Gasteiger partial charge >= 0.3 is 0 Å². The van der Waals surface area contributed by atoms with Gasteiger partial charge in [-0.2, -0.15) is 5.10 Å². The Morgan fingerprint density at radius 3 is 2.50 bits per heavy atom. The molecule has 1 heterocycles. The molecule has 0 aliphatic heterocycles. The van der Waals surface area contributed by atoms with Crippen molar-refractivity contribution in [2.75, 3.05) is 0 Å². The van der Waals surface area contributed by atoms with Crippen molar-refractivity contribution in [2.24, 2.45) is 24.1 Å². The number of hydrogen-bond acceptors (Lipinski definition) is 2. The summed E-state index contributed by atoms with van der Waals surface area (Å²) in [5.74, 6) is 0.733. The number of rotatable bonds is 6. The Labute approximate surface area is 123 Å². The highest BCUT2D eigenvalue weighted by atomic mass is 15.3. The number of nitrogens with zero attached hydrogens (tertiary/aromatic N) is 2. The fourth-order valence-corrected chi connectivity index (χ4v) is 4.00. The second kappa shape index (κ2) is 6.30. The summed E-state index contributed by atoms with van der Waals surface area (Å²) in [6, 6.07) is 2.50. The SMILES string of the molecule is CCc1cc(CC(N)C2(CC(C)C)CCCC2)n(C)n1. The summed E-state index contributed by atoms with van der Waals surface area (Å²) < 4.78 is 2.02. The normalized spacial score (nSPS) is 19.7. The highest BCUT2D eigenvalue weighted by Crippen LogP contribution is 2.46. The van der Waals surface area contributed by atoms with Gasteiger partial charge < -0.3 is 5.73 Å². The predicted molar refractivity (Wildman–Crippen MR) is 84.6 cm³/mol. The summed E-state index contributed by atoms with van der Waals surface area (Å²) in [6.07, 6.45) is 8.57. The third-order valence-electron chi connectivity index (χ3n) is 5.02. The fraction of sp³-hybridized carbons (Fsp3) is 0.824. The van der Waals surface area contributed by atoms with Gasteiger partial charge in [-0.3, -0.25) is 4.68 Å². The van der Waals surface area contributed by atoms with Crippen LogP contribution in [0.5, 0.6) is 0 Å². The predicted octanol–water partition coefficient (Wildman–Crippen LogP) is 3.46. The van der Waals surface area contributed by atoms with Gasteiger partial charge in [0.2, 0.25) is 0 Å². The third kappa shape index (κ3) is 3.25. The van der Waals surface area contributed by atoms with Gasteiger partial charge in [0.1, 0.15) is 0 Å². The Morgan fingerprint density at radius 1 is 1.35 bits per heavy atom. The highest BCUT2D eigenvalue weighted by molar-refractivity contribution is 5.13. The van der Waals surface area contributed by atoms with Gasteiger partial charge in [-0.05, 0) is 43.1 Å². The molecule has 1 saturated carbocycles. The van der Waals surface area contributed by atoms with Gasteiger partial charge in [0.05, 0.1) is 5.69 Å². The van der Waals surface area contributed by atoms with E-state index in [0.29, 0.717) is 5.41 Å². The van der Waals surface area contributed by atoms with Crippen molar-refractivity contribution in [2.45, 2.75) is 71.8 Å². The molecule has 114 valence electrons. The molecule has 0 bridgehead atoms. The van der Waals surface area contributed by atoms with Crippen molar-refractivity contribution < 1.29 is 0 Å². The molecule has 1 aromatic heterocycles. The smallest absolute Gasteiger partial charge is 0.0624 e. The van der Waals surface area contributed by atoms with E-state index in [4.69, 9.17) is 5.73 Å². The fourth-order valence-electron chi connectivity index (χ4n) is 4.00. The minimum Gasteiger partial charge on any atom is -0.327 e. The zero-order chi connectivity index (χ0) is 14.8.